The van der Waals surface area contributed by atoms with E-state index < -0.39 is 15.9 Å². The third-order valence-corrected chi connectivity index (χ3v) is 5.96. The SMILES string of the molecule is C/C(=N\NC(=O)c1ccco1)c1ccc(S(=O)(=O)N2CCCC2)cc1. The van der Waals surface area contributed by atoms with E-state index in [2.05, 4.69) is 10.5 Å². The second-order valence-electron chi connectivity index (χ2n) is 5.75. The van der Waals surface area contributed by atoms with Crippen LogP contribution in [0.4, 0.5) is 0 Å². The molecule has 0 aliphatic carbocycles. The van der Waals surface area contributed by atoms with Crippen LogP contribution in [0, 0.1) is 0 Å². The molecule has 1 fully saturated rings. The molecule has 1 aliphatic heterocycles. The Morgan fingerprint density at radius 1 is 1.16 bits per heavy atom. The number of hydrogen-bond donors (Lipinski definition) is 1. The summed E-state index contributed by atoms with van der Waals surface area (Å²) in [4.78, 5) is 12.0. The van der Waals surface area contributed by atoms with E-state index in [4.69, 9.17) is 4.42 Å². The molecule has 0 radical (unpaired) electrons. The van der Waals surface area contributed by atoms with Gasteiger partial charge in [-0.05, 0) is 49.6 Å². The largest absolute Gasteiger partial charge is 0.459 e. The lowest BCUT2D eigenvalue weighted by atomic mass is 10.1. The zero-order valence-electron chi connectivity index (χ0n) is 13.8. The highest BCUT2D eigenvalue weighted by Gasteiger charge is 2.26. The molecule has 0 spiro atoms. The van der Waals surface area contributed by atoms with Crippen LogP contribution in [0.15, 0.2) is 57.1 Å². The third kappa shape index (κ3) is 3.80. The summed E-state index contributed by atoms with van der Waals surface area (Å²) in [5, 5.41) is 4.02. The van der Waals surface area contributed by atoms with Crippen molar-refractivity contribution >= 4 is 21.6 Å². The van der Waals surface area contributed by atoms with Crippen LogP contribution in [-0.2, 0) is 10.0 Å². The van der Waals surface area contributed by atoms with Crippen LogP contribution in [0.1, 0.15) is 35.9 Å². The van der Waals surface area contributed by atoms with E-state index in [9.17, 15) is 13.2 Å². The molecule has 1 saturated heterocycles. The van der Waals surface area contributed by atoms with Crippen molar-refractivity contribution in [2.45, 2.75) is 24.7 Å². The predicted molar refractivity (Wildman–Crippen MR) is 92.8 cm³/mol. The van der Waals surface area contributed by atoms with E-state index in [1.807, 2.05) is 0 Å². The number of benzene rings is 1. The van der Waals surface area contributed by atoms with Crippen molar-refractivity contribution in [2.24, 2.45) is 5.10 Å². The maximum atomic E-state index is 12.5. The van der Waals surface area contributed by atoms with Gasteiger partial charge in [-0.15, -0.1) is 0 Å². The summed E-state index contributed by atoms with van der Waals surface area (Å²) < 4.78 is 31.5. The quantitative estimate of drug-likeness (QED) is 0.653. The molecule has 2 heterocycles. The Morgan fingerprint density at radius 3 is 2.44 bits per heavy atom. The number of hydrogen-bond acceptors (Lipinski definition) is 5. The van der Waals surface area contributed by atoms with Crippen LogP contribution in [0.5, 0.6) is 0 Å². The summed E-state index contributed by atoms with van der Waals surface area (Å²) in [6, 6.07) is 9.65. The van der Waals surface area contributed by atoms with Gasteiger partial charge in [-0.3, -0.25) is 4.79 Å². The van der Waals surface area contributed by atoms with Crippen molar-refractivity contribution in [3.8, 4) is 0 Å². The van der Waals surface area contributed by atoms with E-state index in [-0.39, 0.29) is 10.7 Å². The number of rotatable bonds is 5. The Balaban J connectivity index is 1.71. The summed E-state index contributed by atoms with van der Waals surface area (Å²) in [5.41, 5.74) is 3.68. The van der Waals surface area contributed by atoms with Gasteiger partial charge in [0.1, 0.15) is 0 Å². The molecule has 7 nitrogen and oxygen atoms in total. The van der Waals surface area contributed by atoms with Crippen molar-refractivity contribution in [3.05, 3.63) is 54.0 Å². The fraction of sp³-hybridized carbons (Fsp3) is 0.294. The number of nitrogens with zero attached hydrogens (tertiary/aromatic N) is 2. The molecule has 1 amide bonds. The molecule has 132 valence electrons. The molecular formula is C17H19N3O4S. The number of amides is 1. The van der Waals surface area contributed by atoms with Crippen LogP contribution in [0.2, 0.25) is 0 Å². The lowest BCUT2D eigenvalue weighted by Gasteiger charge is -2.15. The van der Waals surface area contributed by atoms with Gasteiger partial charge >= 0.3 is 5.91 Å². The van der Waals surface area contributed by atoms with Gasteiger partial charge in [0.15, 0.2) is 5.76 Å². The van der Waals surface area contributed by atoms with Crippen LogP contribution >= 0.6 is 0 Å². The maximum Gasteiger partial charge on any atom is 0.307 e. The topological polar surface area (TPSA) is 92.0 Å². The molecule has 2 aromatic rings. The maximum absolute atomic E-state index is 12.5. The summed E-state index contributed by atoms with van der Waals surface area (Å²) in [5.74, 6) is -0.277. The average Bonchev–Trinajstić information content (AvgIpc) is 3.33. The number of carbonyl (C=O) groups excluding carboxylic acids is 1. The molecule has 0 unspecified atom stereocenters. The molecule has 1 aromatic carbocycles. The number of furan rings is 1. The Bertz CT molecular complexity index is 865. The second-order valence-corrected chi connectivity index (χ2v) is 7.69. The fourth-order valence-electron chi connectivity index (χ4n) is 2.61. The Kier molecular flexibility index (Phi) is 5.00. The van der Waals surface area contributed by atoms with E-state index in [1.165, 1.54) is 16.6 Å². The average molecular weight is 361 g/mol. The van der Waals surface area contributed by atoms with E-state index in [0.29, 0.717) is 18.8 Å². The minimum absolute atomic E-state index is 0.170. The standard InChI is InChI=1S/C17H19N3O4S/c1-13(18-19-17(21)16-5-4-12-24-16)14-6-8-15(9-7-14)25(22,23)20-10-2-3-11-20/h4-9,12H,2-3,10-11H2,1H3,(H,19,21)/b18-13+. The van der Waals surface area contributed by atoms with E-state index >= 15 is 0 Å². The first kappa shape index (κ1) is 17.4. The third-order valence-electron chi connectivity index (χ3n) is 4.05. The highest BCUT2D eigenvalue weighted by Crippen LogP contribution is 2.21. The molecule has 1 aromatic heterocycles. The van der Waals surface area contributed by atoms with Gasteiger partial charge in [0.2, 0.25) is 10.0 Å². The van der Waals surface area contributed by atoms with E-state index in [1.54, 1.807) is 37.3 Å². The van der Waals surface area contributed by atoms with Crippen LogP contribution in [0.25, 0.3) is 0 Å². The minimum atomic E-state index is -3.43. The number of sulfonamides is 1. The Labute approximate surface area is 146 Å². The zero-order valence-corrected chi connectivity index (χ0v) is 14.6. The van der Waals surface area contributed by atoms with Gasteiger partial charge in [0, 0.05) is 13.1 Å². The minimum Gasteiger partial charge on any atom is -0.459 e. The molecule has 1 N–H and O–H groups in total. The van der Waals surface area contributed by atoms with Crippen molar-refractivity contribution in [1.82, 2.24) is 9.73 Å². The molecule has 0 saturated carbocycles. The summed E-state index contributed by atoms with van der Waals surface area (Å²) in [6.45, 7) is 2.87. The summed E-state index contributed by atoms with van der Waals surface area (Å²) in [7, 11) is -3.43. The van der Waals surface area contributed by atoms with Crippen LogP contribution in [-0.4, -0.2) is 37.4 Å². The number of hydrazone groups is 1. The van der Waals surface area contributed by atoms with Gasteiger partial charge < -0.3 is 4.42 Å². The molecule has 8 heteroatoms. The smallest absolute Gasteiger partial charge is 0.307 e. The van der Waals surface area contributed by atoms with Crippen molar-refractivity contribution in [2.75, 3.05) is 13.1 Å². The van der Waals surface area contributed by atoms with Crippen LogP contribution < -0.4 is 5.43 Å². The number of carbonyl (C=O) groups is 1. The van der Waals surface area contributed by atoms with Crippen molar-refractivity contribution in [1.29, 1.82) is 0 Å². The molecule has 1 aliphatic rings. The predicted octanol–water partition coefficient (Wildman–Crippen LogP) is 2.22. The lowest BCUT2D eigenvalue weighted by Crippen LogP contribution is -2.27. The highest BCUT2D eigenvalue weighted by atomic mass is 32.2. The summed E-state index contributed by atoms with van der Waals surface area (Å²) in [6.07, 6.45) is 3.21. The van der Waals surface area contributed by atoms with Crippen molar-refractivity contribution < 1.29 is 17.6 Å². The molecule has 3 rings (SSSR count). The van der Waals surface area contributed by atoms with E-state index in [0.717, 1.165) is 18.4 Å². The fourth-order valence-corrected chi connectivity index (χ4v) is 4.12. The molecule has 0 atom stereocenters. The second kappa shape index (κ2) is 7.20. The molecule has 0 bridgehead atoms. The normalized spacial score (nSPS) is 16.1. The zero-order chi connectivity index (χ0) is 17.9. The first-order valence-corrected chi connectivity index (χ1v) is 9.41. The van der Waals surface area contributed by atoms with Gasteiger partial charge in [-0.25, -0.2) is 13.8 Å². The van der Waals surface area contributed by atoms with Gasteiger partial charge in [-0.2, -0.15) is 9.41 Å². The lowest BCUT2D eigenvalue weighted by molar-refractivity contribution is 0.0927. The summed E-state index contributed by atoms with van der Waals surface area (Å²) >= 11 is 0. The van der Waals surface area contributed by atoms with Gasteiger partial charge in [-0.1, -0.05) is 12.1 Å². The first-order chi connectivity index (χ1) is 12.0. The Morgan fingerprint density at radius 2 is 1.84 bits per heavy atom. The monoisotopic (exact) mass is 361 g/mol. The first-order valence-electron chi connectivity index (χ1n) is 7.97. The van der Waals surface area contributed by atoms with Crippen LogP contribution in [0.3, 0.4) is 0 Å². The van der Waals surface area contributed by atoms with Gasteiger partial charge in [0.25, 0.3) is 0 Å². The highest BCUT2D eigenvalue weighted by molar-refractivity contribution is 7.89. The number of nitrogens with one attached hydrogen (secondary N) is 1. The van der Waals surface area contributed by atoms with Crippen molar-refractivity contribution in [3.63, 3.8) is 0 Å². The molecular weight excluding hydrogens is 342 g/mol. The van der Waals surface area contributed by atoms with Gasteiger partial charge in [0.05, 0.1) is 16.9 Å². The Hall–Kier alpha value is -2.45. The molecule has 25 heavy (non-hydrogen) atoms.